The van der Waals surface area contributed by atoms with Crippen LogP contribution < -0.4 is 16.0 Å². The molecule has 1 amide bonds. The monoisotopic (exact) mass is 403 g/mol. The Morgan fingerprint density at radius 1 is 1.21 bits per heavy atom. The molecule has 1 aromatic heterocycles. The third-order valence-electron chi connectivity index (χ3n) is 3.94. The van der Waals surface area contributed by atoms with Gasteiger partial charge in [-0.3, -0.25) is 9.79 Å². The number of hydrogen-bond acceptors (Lipinski definition) is 4. The Morgan fingerprint density at radius 2 is 2.04 bits per heavy atom. The molecule has 0 saturated heterocycles. The number of aliphatic imine (C=N–C) groups is 1. The van der Waals surface area contributed by atoms with Crippen LogP contribution in [0.1, 0.15) is 23.2 Å². The summed E-state index contributed by atoms with van der Waals surface area (Å²) in [5, 5.41) is 9.08. The summed E-state index contributed by atoms with van der Waals surface area (Å²) >= 11 is 1.65. The summed E-state index contributed by atoms with van der Waals surface area (Å²) in [6, 6.07) is 10.3. The number of guanidine groups is 1. The molecular weight excluding hydrogens is 377 g/mol. The Balaban J connectivity index is 1.79. The van der Waals surface area contributed by atoms with E-state index in [9.17, 15) is 9.18 Å². The number of hydrogen-bond donors (Lipinski definition) is 3. The molecule has 0 bridgehead atoms. The van der Waals surface area contributed by atoms with Crippen LogP contribution in [0.25, 0.3) is 0 Å². The fraction of sp³-hybridized carbons (Fsp3) is 0.350. The van der Waals surface area contributed by atoms with Crippen molar-refractivity contribution in [3.8, 4) is 0 Å². The first kappa shape index (κ1) is 21.7. The predicted molar refractivity (Wildman–Crippen MR) is 114 cm³/mol. The molecule has 0 radical (unpaired) electrons. The number of thioether (sulfide) groups is 1. The largest absolute Gasteiger partial charge is 0.356 e. The van der Waals surface area contributed by atoms with Crippen LogP contribution in [0.4, 0.5) is 10.2 Å². The van der Waals surface area contributed by atoms with Gasteiger partial charge in [0, 0.05) is 38.0 Å². The van der Waals surface area contributed by atoms with E-state index < -0.39 is 0 Å². The van der Waals surface area contributed by atoms with Gasteiger partial charge in [0.25, 0.3) is 0 Å². The molecule has 6 nitrogen and oxygen atoms in total. The molecule has 3 N–H and O–H groups in total. The lowest BCUT2D eigenvalue weighted by atomic mass is 10.1. The molecule has 1 heterocycles. The number of nitrogens with one attached hydrogen (secondary N) is 3. The number of benzene rings is 1. The number of anilines is 1. The molecule has 0 atom stereocenters. The quantitative estimate of drug-likeness (QED) is 0.466. The lowest BCUT2D eigenvalue weighted by Gasteiger charge is -2.14. The molecule has 0 fully saturated rings. The maximum Gasteiger partial charge on any atom is 0.227 e. The number of carbonyl (C=O) groups is 1. The fourth-order valence-electron chi connectivity index (χ4n) is 2.57. The van der Waals surface area contributed by atoms with E-state index in [1.165, 1.54) is 6.07 Å². The van der Waals surface area contributed by atoms with Gasteiger partial charge in [0.05, 0.1) is 0 Å². The number of nitrogens with zero attached hydrogens (tertiary/aromatic N) is 2. The number of rotatable bonds is 8. The van der Waals surface area contributed by atoms with Crippen molar-refractivity contribution in [1.82, 2.24) is 15.6 Å². The van der Waals surface area contributed by atoms with Crippen molar-refractivity contribution in [2.24, 2.45) is 4.99 Å². The minimum atomic E-state index is -0.232. The van der Waals surface area contributed by atoms with Crippen molar-refractivity contribution in [2.75, 3.05) is 25.2 Å². The standard InChI is InChI=1S/C20H26FN5OS/c1-14-5-4-6-18(25-14)26-19(27)9-10-23-20(22-2)24-12-15-7-8-17(21)11-16(15)13-28-3/h4-8,11H,9-10,12-13H2,1-3H3,(H2,22,23,24)(H,25,26,27). The van der Waals surface area contributed by atoms with Crippen LogP contribution in [-0.2, 0) is 17.1 Å². The number of pyridine rings is 1. The summed E-state index contributed by atoms with van der Waals surface area (Å²) in [6.45, 7) is 2.83. The van der Waals surface area contributed by atoms with Gasteiger partial charge in [0.15, 0.2) is 5.96 Å². The van der Waals surface area contributed by atoms with E-state index in [0.717, 1.165) is 22.6 Å². The summed E-state index contributed by atoms with van der Waals surface area (Å²) < 4.78 is 13.4. The van der Waals surface area contributed by atoms with E-state index in [1.807, 2.05) is 25.3 Å². The zero-order chi connectivity index (χ0) is 20.4. The van der Waals surface area contributed by atoms with Gasteiger partial charge in [-0.1, -0.05) is 12.1 Å². The van der Waals surface area contributed by atoms with Crippen molar-refractivity contribution < 1.29 is 9.18 Å². The zero-order valence-corrected chi connectivity index (χ0v) is 17.2. The van der Waals surface area contributed by atoms with E-state index in [4.69, 9.17) is 0 Å². The summed E-state index contributed by atoms with van der Waals surface area (Å²) in [4.78, 5) is 20.4. The smallest absolute Gasteiger partial charge is 0.227 e. The second-order valence-electron chi connectivity index (χ2n) is 6.16. The number of carbonyl (C=O) groups excluding carboxylic acids is 1. The van der Waals surface area contributed by atoms with Crippen LogP contribution >= 0.6 is 11.8 Å². The Morgan fingerprint density at radius 3 is 2.75 bits per heavy atom. The van der Waals surface area contributed by atoms with Gasteiger partial charge in [0.2, 0.25) is 5.91 Å². The molecule has 0 aliphatic heterocycles. The maximum absolute atomic E-state index is 13.4. The lowest BCUT2D eigenvalue weighted by molar-refractivity contribution is -0.116. The SMILES string of the molecule is CN=C(NCCC(=O)Nc1cccc(C)n1)NCc1ccc(F)cc1CSC. The van der Waals surface area contributed by atoms with E-state index in [2.05, 4.69) is 25.9 Å². The molecular formula is C20H26FN5OS. The zero-order valence-electron chi connectivity index (χ0n) is 16.4. The van der Waals surface area contributed by atoms with E-state index in [-0.39, 0.29) is 18.1 Å². The highest BCUT2D eigenvalue weighted by molar-refractivity contribution is 7.97. The molecule has 150 valence electrons. The Labute approximate surface area is 169 Å². The van der Waals surface area contributed by atoms with Crippen LogP contribution in [0, 0.1) is 12.7 Å². The topological polar surface area (TPSA) is 78.4 Å². The van der Waals surface area contributed by atoms with Crippen molar-refractivity contribution in [3.63, 3.8) is 0 Å². The van der Waals surface area contributed by atoms with Crippen molar-refractivity contribution in [3.05, 3.63) is 59.0 Å². The minimum absolute atomic E-state index is 0.123. The third kappa shape index (κ3) is 7.19. The van der Waals surface area contributed by atoms with Crippen molar-refractivity contribution in [1.29, 1.82) is 0 Å². The van der Waals surface area contributed by atoms with Gasteiger partial charge in [0.1, 0.15) is 11.6 Å². The van der Waals surface area contributed by atoms with Gasteiger partial charge in [-0.05, 0) is 48.6 Å². The molecule has 28 heavy (non-hydrogen) atoms. The molecule has 0 spiro atoms. The van der Waals surface area contributed by atoms with E-state index in [1.54, 1.807) is 37.0 Å². The molecule has 0 unspecified atom stereocenters. The Hall–Kier alpha value is -2.61. The van der Waals surface area contributed by atoms with Gasteiger partial charge in [-0.2, -0.15) is 11.8 Å². The number of aromatic nitrogens is 1. The fourth-order valence-corrected chi connectivity index (χ4v) is 3.15. The van der Waals surface area contributed by atoms with Gasteiger partial charge in [-0.25, -0.2) is 9.37 Å². The molecule has 8 heteroatoms. The van der Waals surface area contributed by atoms with E-state index >= 15 is 0 Å². The highest BCUT2D eigenvalue weighted by Crippen LogP contribution is 2.16. The van der Waals surface area contributed by atoms with Crippen LogP contribution in [0.2, 0.25) is 0 Å². The van der Waals surface area contributed by atoms with E-state index in [0.29, 0.717) is 24.9 Å². The molecule has 2 rings (SSSR count). The first-order valence-electron chi connectivity index (χ1n) is 8.96. The molecule has 2 aromatic rings. The van der Waals surface area contributed by atoms with Crippen LogP contribution in [0.3, 0.4) is 0 Å². The van der Waals surface area contributed by atoms with Gasteiger partial charge < -0.3 is 16.0 Å². The summed E-state index contributed by atoms with van der Waals surface area (Å²) in [5.74, 6) is 1.52. The highest BCUT2D eigenvalue weighted by atomic mass is 32.2. The lowest BCUT2D eigenvalue weighted by Crippen LogP contribution is -2.38. The Bertz CT molecular complexity index is 828. The third-order valence-corrected chi connectivity index (χ3v) is 4.54. The van der Waals surface area contributed by atoms with Gasteiger partial charge in [-0.15, -0.1) is 0 Å². The molecule has 0 aliphatic carbocycles. The Kier molecular flexibility index (Phi) is 8.74. The summed E-state index contributed by atoms with van der Waals surface area (Å²) in [6.07, 6.45) is 2.27. The first-order valence-corrected chi connectivity index (χ1v) is 10.4. The maximum atomic E-state index is 13.4. The first-order chi connectivity index (χ1) is 13.5. The molecule has 0 saturated carbocycles. The molecule has 0 aliphatic rings. The summed E-state index contributed by atoms with van der Waals surface area (Å²) in [5.41, 5.74) is 2.82. The van der Waals surface area contributed by atoms with Crippen LogP contribution in [-0.4, -0.2) is 36.7 Å². The number of amides is 1. The highest BCUT2D eigenvalue weighted by Gasteiger charge is 2.07. The number of aryl methyl sites for hydroxylation is 1. The summed E-state index contributed by atoms with van der Waals surface area (Å²) in [7, 11) is 1.67. The predicted octanol–water partition coefficient (Wildman–Crippen LogP) is 3.09. The average Bonchev–Trinajstić information content (AvgIpc) is 2.66. The number of halogens is 1. The molecule has 1 aromatic carbocycles. The minimum Gasteiger partial charge on any atom is -0.356 e. The second-order valence-corrected chi connectivity index (χ2v) is 7.03. The van der Waals surface area contributed by atoms with Gasteiger partial charge >= 0.3 is 0 Å². The average molecular weight is 404 g/mol. The second kappa shape index (κ2) is 11.3. The van der Waals surface area contributed by atoms with Crippen LogP contribution in [0.5, 0.6) is 0 Å². The van der Waals surface area contributed by atoms with Crippen LogP contribution in [0.15, 0.2) is 41.4 Å². The van der Waals surface area contributed by atoms with Crippen molar-refractivity contribution >= 4 is 29.4 Å². The van der Waals surface area contributed by atoms with Crippen molar-refractivity contribution in [2.45, 2.75) is 25.6 Å². The normalized spacial score (nSPS) is 11.2.